The Kier molecular flexibility index (Phi) is 3.31. The summed E-state index contributed by atoms with van der Waals surface area (Å²) in [4.78, 5) is 13.6. The molecule has 1 aliphatic heterocycles. The van der Waals surface area contributed by atoms with Crippen molar-refractivity contribution >= 4 is 5.91 Å². The van der Waals surface area contributed by atoms with Crippen molar-refractivity contribution in [2.75, 3.05) is 6.54 Å². The maximum atomic E-state index is 11.6. The Bertz CT molecular complexity index is 191. The highest BCUT2D eigenvalue weighted by molar-refractivity contribution is 5.84. The predicted octanol–water partition coefficient (Wildman–Crippen LogP) is 0.981. The lowest BCUT2D eigenvalue weighted by Gasteiger charge is -2.30. The van der Waals surface area contributed by atoms with Crippen LogP contribution in [0.3, 0.4) is 0 Å². The summed E-state index contributed by atoms with van der Waals surface area (Å²) in [6.45, 7) is 7.29. The Hall–Kier alpha value is -0.570. The first-order valence-electron chi connectivity index (χ1n) is 5.14. The van der Waals surface area contributed by atoms with Gasteiger partial charge >= 0.3 is 0 Å². The maximum Gasteiger partial charge on any atom is 0.239 e. The monoisotopic (exact) mass is 184 g/mol. The lowest BCUT2D eigenvalue weighted by Crippen LogP contribution is -2.43. The van der Waals surface area contributed by atoms with Crippen LogP contribution < -0.4 is 5.73 Å². The van der Waals surface area contributed by atoms with Crippen molar-refractivity contribution in [3.63, 3.8) is 0 Å². The third-order valence-corrected chi connectivity index (χ3v) is 2.87. The summed E-state index contributed by atoms with van der Waals surface area (Å²) < 4.78 is 0. The van der Waals surface area contributed by atoms with Gasteiger partial charge in [0.25, 0.3) is 0 Å². The Morgan fingerprint density at radius 2 is 2.23 bits per heavy atom. The van der Waals surface area contributed by atoms with Gasteiger partial charge in [-0.05, 0) is 18.8 Å². The number of hydrogen-bond donors (Lipinski definition) is 1. The third-order valence-electron chi connectivity index (χ3n) is 2.87. The number of hydrogen-bond acceptors (Lipinski definition) is 2. The van der Waals surface area contributed by atoms with Crippen molar-refractivity contribution in [3.8, 4) is 0 Å². The lowest BCUT2D eigenvalue weighted by molar-refractivity contribution is -0.131. The maximum absolute atomic E-state index is 11.6. The van der Waals surface area contributed by atoms with Crippen molar-refractivity contribution in [1.29, 1.82) is 0 Å². The molecule has 2 unspecified atom stereocenters. The highest BCUT2D eigenvalue weighted by Crippen LogP contribution is 2.20. The molecule has 0 radical (unpaired) electrons. The van der Waals surface area contributed by atoms with Crippen molar-refractivity contribution < 1.29 is 4.79 Å². The molecule has 1 amide bonds. The number of carbonyl (C=O) groups is 1. The predicted molar refractivity (Wildman–Crippen MR) is 53.2 cm³/mol. The van der Waals surface area contributed by atoms with E-state index in [1.54, 1.807) is 0 Å². The van der Waals surface area contributed by atoms with Gasteiger partial charge in [0.1, 0.15) is 0 Å². The molecule has 1 saturated heterocycles. The van der Waals surface area contributed by atoms with Crippen LogP contribution in [0.5, 0.6) is 0 Å². The van der Waals surface area contributed by atoms with E-state index in [1.165, 1.54) is 0 Å². The van der Waals surface area contributed by atoms with Crippen LogP contribution in [0.1, 0.15) is 33.6 Å². The van der Waals surface area contributed by atoms with Gasteiger partial charge in [-0.25, -0.2) is 0 Å². The Labute approximate surface area is 80.3 Å². The number of carbonyl (C=O) groups excluding carboxylic acids is 1. The molecule has 0 aromatic carbocycles. The minimum atomic E-state index is -0.243. The fraction of sp³-hybridized carbons (Fsp3) is 0.900. The van der Waals surface area contributed by atoms with Gasteiger partial charge < -0.3 is 10.6 Å². The molecule has 76 valence electrons. The molecule has 13 heavy (non-hydrogen) atoms. The van der Waals surface area contributed by atoms with Gasteiger partial charge in [0.2, 0.25) is 5.91 Å². The summed E-state index contributed by atoms with van der Waals surface area (Å²) in [5, 5.41) is 0. The molecule has 3 heteroatoms. The van der Waals surface area contributed by atoms with E-state index in [0.717, 1.165) is 19.4 Å². The molecule has 3 nitrogen and oxygen atoms in total. The molecule has 1 heterocycles. The molecule has 0 bridgehead atoms. The van der Waals surface area contributed by atoms with Crippen molar-refractivity contribution in [2.45, 2.75) is 45.7 Å². The zero-order valence-electron chi connectivity index (χ0n) is 8.79. The normalized spacial score (nSPS) is 25.8. The second-order valence-electron chi connectivity index (χ2n) is 4.15. The molecule has 0 saturated carbocycles. The van der Waals surface area contributed by atoms with E-state index in [1.807, 2.05) is 4.90 Å². The topological polar surface area (TPSA) is 46.3 Å². The van der Waals surface area contributed by atoms with Crippen LogP contribution in [0, 0.1) is 5.92 Å². The van der Waals surface area contributed by atoms with Crippen molar-refractivity contribution in [2.24, 2.45) is 11.7 Å². The number of nitrogens with two attached hydrogens (primary N) is 1. The molecule has 1 aliphatic rings. The van der Waals surface area contributed by atoms with Crippen LogP contribution in [-0.2, 0) is 4.79 Å². The largest absolute Gasteiger partial charge is 0.338 e. The second kappa shape index (κ2) is 4.09. The van der Waals surface area contributed by atoms with Gasteiger partial charge in [0, 0.05) is 12.6 Å². The molecular formula is C10H20N2O. The van der Waals surface area contributed by atoms with E-state index in [0.29, 0.717) is 12.0 Å². The smallest absolute Gasteiger partial charge is 0.239 e. The van der Waals surface area contributed by atoms with Crippen LogP contribution in [0.25, 0.3) is 0 Å². The fourth-order valence-electron chi connectivity index (χ4n) is 2.11. The summed E-state index contributed by atoms with van der Waals surface area (Å²) in [7, 11) is 0. The molecule has 0 aromatic heterocycles. The van der Waals surface area contributed by atoms with E-state index in [-0.39, 0.29) is 11.9 Å². The Morgan fingerprint density at radius 3 is 2.54 bits per heavy atom. The van der Waals surface area contributed by atoms with Crippen molar-refractivity contribution in [1.82, 2.24) is 4.90 Å². The Morgan fingerprint density at radius 1 is 1.62 bits per heavy atom. The highest BCUT2D eigenvalue weighted by atomic mass is 16.2. The SMILES string of the molecule is CCC(C(C)C)N1CCC(N)C1=O. The van der Waals surface area contributed by atoms with Gasteiger partial charge in [-0.2, -0.15) is 0 Å². The van der Waals surface area contributed by atoms with Gasteiger partial charge in [0.15, 0.2) is 0 Å². The zero-order valence-corrected chi connectivity index (χ0v) is 8.79. The molecule has 0 aliphatic carbocycles. The molecule has 0 aromatic rings. The summed E-state index contributed by atoms with van der Waals surface area (Å²) in [6, 6.07) is 0.133. The van der Waals surface area contributed by atoms with E-state index in [9.17, 15) is 4.79 Å². The molecule has 1 rings (SSSR count). The van der Waals surface area contributed by atoms with Gasteiger partial charge in [0.05, 0.1) is 6.04 Å². The fourth-order valence-corrected chi connectivity index (χ4v) is 2.11. The minimum Gasteiger partial charge on any atom is -0.338 e. The zero-order chi connectivity index (χ0) is 10.0. The third kappa shape index (κ3) is 2.02. The first-order valence-corrected chi connectivity index (χ1v) is 5.14. The molecule has 1 fully saturated rings. The minimum absolute atomic E-state index is 0.139. The van der Waals surface area contributed by atoms with E-state index in [2.05, 4.69) is 20.8 Å². The molecule has 0 spiro atoms. The van der Waals surface area contributed by atoms with Crippen LogP contribution in [0.15, 0.2) is 0 Å². The number of rotatable bonds is 3. The quantitative estimate of drug-likeness (QED) is 0.710. The van der Waals surface area contributed by atoms with Crippen LogP contribution >= 0.6 is 0 Å². The lowest BCUT2D eigenvalue weighted by atomic mass is 10.0. The van der Waals surface area contributed by atoms with E-state index in [4.69, 9.17) is 5.73 Å². The standard InChI is InChI=1S/C10H20N2O/c1-4-9(7(2)3)12-6-5-8(11)10(12)13/h7-9H,4-6,11H2,1-3H3. The summed E-state index contributed by atoms with van der Waals surface area (Å²) in [5.41, 5.74) is 5.67. The van der Waals surface area contributed by atoms with Crippen molar-refractivity contribution in [3.05, 3.63) is 0 Å². The van der Waals surface area contributed by atoms with E-state index < -0.39 is 0 Å². The number of amides is 1. The van der Waals surface area contributed by atoms with Gasteiger partial charge in [-0.1, -0.05) is 20.8 Å². The second-order valence-corrected chi connectivity index (χ2v) is 4.15. The van der Waals surface area contributed by atoms with Crippen LogP contribution in [-0.4, -0.2) is 29.4 Å². The molecule has 2 atom stereocenters. The number of nitrogens with zero attached hydrogens (tertiary/aromatic N) is 1. The highest BCUT2D eigenvalue weighted by Gasteiger charge is 2.33. The first-order chi connectivity index (χ1) is 6.07. The average Bonchev–Trinajstić information content (AvgIpc) is 2.37. The Balaban J connectivity index is 2.65. The summed E-state index contributed by atoms with van der Waals surface area (Å²) in [6.07, 6.45) is 1.85. The van der Waals surface area contributed by atoms with Gasteiger partial charge in [-0.3, -0.25) is 4.79 Å². The van der Waals surface area contributed by atoms with E-state index >= 15 is 0 Å². The van der Waals surface area contributed by atoms with Gasteiger partial charge in [-0.15, -0.1) is 0 Å². The first kappa shape index (κ1) is 10.5. The van der Waals surface area contributed by atoms with Crippen LogP contribution in [0.4, 0.5) is 0 Å². The number of likely N-dealkylation sites (tertiary alicyclic amines) is 1. The summed E-state index contributed by atoms with van der Waals surface area (Å²) >= 11 is 0. The molecular weight excluding hydrogens is 164 g/mol. The molecule has 2 N–H and O–H groups in total. The average molecular weight is 184 g/mol. The van der Waals surface area contributed by atoms with Crippen LogP contribution in [0.2, 0.25) is 0 Å². The summed E-state index contributed by atoms with van der Waals surface area (Å²) in [5.74, 6) is 0.666.